The first-order valence-electron chi connectivity index (χ1n) is 8.80. The van der Waals surface area contributed by atoms with Crippen molar-refractivity contribution >= 4 is 17.5 Å². The number of aromatic amines is 1. The van der Waals surface area contributed by atoms with E-state index in [0.29, 0.717) is 11.7 Å². The second kappa shape index (κ2) is 6.81. The summed E-state index contributed by atoms with van der Waals surface area (Å²) in [4.78, 5) is 24.9. The zero-order chi connectivity index (χ0) is 16.4. The first kappa shape index (κ1) is 16.8. The average Bonchev–Trinajstić information content (AvgIpc) is 3.08. The second-order valence-corrected chi connectivity index (χ2v) is 7.30. The molecule has 2 fully saturated rings. The fourth-order valence-corrected chi connectivity index (χ4v) is 4.27. The van der Waals surface area contributed by atoms with Crippen molar-refractivity contribution in [3.63, 3.8) is 0 Å². The van der Waals surface area contributed by atoms with Gasteiger partial charge in [-0.15, -0.1) is 0 Å². The summed E-state index contributed by atoms with van der Waals surface area (Å²) >= 11 is 6.33. The molecule has 2 aliphatic rings. The molecular formula is C17H27ClN4O. The van der Waals surface area contributed by atoms with Crippen molar-refractivity contribution in [3.05, 3.63) is 16.7 Å². The van der Waals surface area contributed by atoms with Crippen LogP contribution in [0.2, 0.25) is 5.15 Å². The minimum absolute atomic E-state index is 0.281. The van der Waals surface area contributed by atoms with Crippen molar-refractivity contribution in [1.29, 1.82) is 0 Å². The molecule has 5 nitrogen and oxygen atoms in total. The summed E-state index contributed by atoms with van der Waals surface area (Å²) < 4.78 is 0. The Labute approximate surface area is 143 Å². The van der Waals surface area contributed by atoms with Crippen LogP contribution in [0.25, 0.3) is 0 Å². The standard InChI is InChI=1S/C17H27ClN4O/c1-3-4-7-14-19-13(15(18)20-14)12-22-11-6-9-17(22)8-5-10-21(2)16(17)23/h3-12H2,1-2H3,(H,19,20). The van der Waals surface area contributed by atoms with Gasteiger partial charge in [-0.3, -0.25) is 9.69 Å². The SMILES string of the molecule is CCCCc1nc(Cl)c(CN2CCCC23CCCN(C)C3=O)[nH]1. The van der Waals surface area contributed by atoms with Gasteiger partial charge in [-0.1, -0.05) is 24.9 Å². The molecular weight excluding hydrogens is 312 g/mol. The maximum absolute atomic E-state index is 12.8. The van der Waals surface area contributed by atoms with Crippen LogP contribution in [0, 0.1) is 0 Å². The minimum atomic E-state index is -0.314. The average molecular weight is 339 g/mol. The molecule has 0 bridgehead atoms. The number of aromatic nitrogens is 2. The Balaban J connectivity index is 1.76. The number of piperidine rings is 1. The Morgan fingerprint density at radius 2 is 2.04 bits per heavy atom. The number of H-pyrrole nitrogens is 1. The third-order valence-corrected chi connectivity index (χ3v) is 5.66. The first-order valence-corrected chi connectivity index (χ1v) is 9.18. The van der Waals surface area contributed by atoms with Crippen LogP contribution in [-0.4, -0.2) is 51.4 Å². The van der Waals surface area contributed by atoms with E-state index in [2.05, 4.69) is 21.8 Å². The number of likely N-dealkylation sites (N-methyl/N-ethyl adjacent to an activating group) is 1. The van der Waals surface area contributed by atoms with Gasteiger partial charge in [0.05, 0.1) is 5.69 Å². The van der Waals surface area contributed by atoms with Crippen LogP contribution < -0.4 is 0 Å². The fraction of sp³-hybridized carbons (Fsp3) is 0.765. The normalized spacial score (nSPS) is 25.7. The molecule has 1 unspecified atom stereocenters. The third-order valence-electron chi connectivity index (χ3n) is 5.35. The topological polar surface area (TPSA) is 52.2 Å². The highest BCUT2D eigenvalue weighted by Crippen LogP contribution is 2.39. The lowest BCUT2D eigenvalue weighted by atomic mass is 9.85. The molecule has 6 heteroatoms. The third kappa shape index (κ3) is 3.13. The van der Waals surface area contributed by atoms with Gasteiger partial charge in [0.15, 0.2) is 5.15 Å². The summed E-state index contributed by atoms with van der Waals surface area (Å²) in [6, 6.07) is 0. The molecule has 0 saturated carbocycles. The monoisotopic (exact) mass is 338 g/mol. The predicted octanol–water partition coefficient (Wildman–Crippen LogP) is 2.99. The Bertz CT molecular complexity index is 573. The highest BCUT2D eigenvalue weighted by molar-refractivity contribution is 6.30. The number of hydrogen-bond acceptors (Lipinski definition) is 3. The molecule has 3 heterocycles. The predicted molar refractivity (Wildman–Crippen MR) is 91.5 cm³/mol. The van der Waals surface area contributed by atoms with E-state index in [1.54, 1.807) is 0 Å². The van der Waals surface area contributed by atoms with E-state index in [4.69, 9.17) is 11.6 Å². The Hall–Kier alpha value is -1.07. The summed E-state index contributed by atoms with van der Waals surface area (Å²) in [6.07, 6.45) is 7.27. The quantitative estimate of drug-likeness (QED) is 0.898. The molecule has 0 aromatic carbocycles. The molecule has 1 atom stereocenters. The van der Waals surface area contributed by atoms with Gasteiger partial charge in [0.25, 0.3) is 0 Å². The van der Waals surface area contributed by atoms with Gasteiger partial charge < -0.3 is 9.88 Å². The largest absolute Gasteiger partial charge is 0.344 e. The molecule has 3 rings (SSSR count). The number of aryl methyl sites for hydroxylation is 1. The molecule has 1 amide bonds. The molecule has 23 heavy (non-hydrogen) atoms. The lowest BCUT2D eigenvalue weighted by Gasteiger charge is -2.43. The van der Waals surface area contributed by atoms with Crippen LogP contribution in [0.15, 0.2) is 0 Å². The lowest BCUT2D eigenvalue weighted by molar-refractivity contribution is -0.146. The number of carbonyl (C=O) groups excluding carboxylic acids is 1. The van der Waals surface area contributed by atoms with Crippen molar-refractivity contribution in [2.45, 2.75) is 64.0 Å². The van der Waals surface area contributed by atoms with E-state index in [1.807, 2.05) is 11.9 Å². The summed E-state index contributed by atoms with van der Waals surface area (Å²) in [5, 5.41) is 0.565. The van der Waals surface area contributed by atoms with E-state index in [-0.39, 0.29) is 11.4 Å². The number of unbranched alkanes of at least 4 members (excludes halogenated alkanes) is 1. The number of rotatable bonds is 5. The van der Waals surface area contributed by atoms with Gasteiger partial charge >= 0.3 is 0 Å². The highest BCUT2D eigenvalue weighted by Gasteiger charge is 2.50. The number of likely N-dealkylation sites (tertiary alicyclic amines) is 2. The summed E-state index contributed by atoms with van der Waals surface area (Å²) in [5.41, 5.74) is 0.644. The number of halogens is 1. The zero-order valence-electron chi connectivity index (χ0n) is 14.2. The summed E-state index contributed by atoms with van der Waals surface area (Å²) in [7, 11) is 1.92. The van der Waals surface area contributed by atoms with E-state index in [1.165, 1.54) is 0 Å². The van der Waals surface area contributed by atoms with Crippen LogP contribution in [0.5, 0.6) is 0 Å². The van der Waals surface area contributed by atoms with Crippen molar-refractivity contribution in [3.8, 4) is 0 Å². The molecule has 1 aromatic rings. The minimum Gasteiger partial charge on any atom is -0.344 e. The Morgan fingerprint density at radius 1 is 1.30 bits per heavy atom. The van der Waals surface area contributed by atoms with Crippen molar-refractivity contribution in [2.75, 3.05) is 20.1 Å². The van der Waals surface area contributed by atoms with Gasteiger partial charge in [0.2, 0.25) is 5.91 Å². The molecule has 2 saturated heterocycles. The molecule has 2 aliphatic heterocycles. The molecule has 128 valence electrons. The van der Waals surface area contributed by atoms with E-state index >= 15 is 0 Å². The van der Waals surface area contributed by atoms with Crippen molar-refractivity contribution in [2.24, 2.45) is 0 Å². The van der Waals surface area contributed by atoms with E-state index in [0.717, 1.165) is 69.6 Å². The van der Waals surface area contributed by atoms with Gasteiger partial charge in [-0.05, 0) is 38.6 Å². The molecule has 1 N–H and O–H groups in total. The maximum Gasteiger partial charge on any atom is 0.242 e. The summed E-state index contributed by atoms with van der Waals surface area (Å²) in [5.74, 6) is 1.25. The zero-order valence-corrected chi connectivity index (χ0v) is 15.0. The number of amides is 1. The van der Waals surface area contributed by atoms with Gasteiger partial charge in [-0.2, -0.15) is 0 Å². The van der Waals surface area contributed by atoms with Crippen LogP contribution in [0.1, 0.15) is 57.0 Å². The number of hydrogen-bond donors (Lipinski definition) is 1. The van der Waals surface area contributed by atoms with Crippen LogP contribution >= 0.6 is 11.6 Å². The summed E-state index contributed by atoms with van der Waals surface area (Å²) in [6.45, 7) is 4.70. The van der Waals surface area contributed by atoms with Crippen LogP contribution in [0.3, 0.4) is 0 Å². The maximum atomic E-state index is 12.8. The van der Waals surface area contributed by atoms with E-state index in [9.17, 15) is 4.79 Å². The molecule has 1 spiro atoms. The fourth-order valence-electron chi connectivity index (χ4n) is 4.06. The Morgan fingerprint density at radius 3 is 2.78 bits per heavy atom. The molecule has 1 aromatic heterocycles. The lowest BCUT2D eigenvalue weighted by Crippen LogP contribution is -2.58. The van der Waals surface area contributed by atoms with E-state index < -0.39 is 0 Å². The molecule has 0 aliphatic carbocycles. The van der Waals surface area contributed by atoms with Gasteiger partial charge in [-0.25, -0.2) is 4.98 Å². The number of nitrogens with one attached hydrogen (secondary N) is 1. The molecule has 0 radical (unpaired) electrons. The van der Waals surface area contributed by atoms with Gasteiger partial charge in [0.1, 0.15) is 11.4 Å². The second-order valence-electron chi connectivity index (χ2n) is 6.94. The number of nitrogens with zero attached hydrogens (tertiary/aromatic N) is 3. The van der Waals surface area contributed by atoms with Crippen LogP contribution in [0.4, 0.5) is 0 Å². The van der Waals surface area contributed by atoms with Crippen molar-refractivity contribution < 1.29 is 4.79 Å². The number of imidazole rings is 1. The van der Waals surface area contributed by atoms with Gasteiger partial charge in [0, 0.05) is 26.6 Å². The Kier molecular flexibility index (Phi) is 4.97. The van der Waals surface area contributed by atoms with Crippen LogP contribution in [-0.2, 0) is 17.8 Å². The van der Waals surface area contributed by atoms with Crippen molar-refractivity contribution in [1.82, 2.24) is 19.8 Å². The number of carbonyl (C=O) groups is 1. The highest BCUT2D eigenvalue weighted by atomic mass is 35.5. The first-order chi connectivity index (χ1) is 11.1. The smallest absolute Gasteiger partial charge is 0.242 e.